The molecule has 0 bridgehead atoms. The van der Waals surface area contributed by atoms with Crippen molar-refractivity contribution in [1.29, 1.82) is 0 Å². The number of Topliss-reactive ketones (excluding diaryl/α,β-unsaturated/α-hetero) is 1. The Hall–Kier alpha value is -1.61. The van der Waals surface area contributed by atoms with Crippen molar-refractivity contribution in [3.05, 3.63) is 36.0 Å². The first-order valence-electron chi connectivity index (χ1n) is 5.99. The second kappa shape index (κ2) is 5.15. The number of nitrogens with one attached hydrogen (secondary N) is 1. The van der Waals surface area contributed by atoms with Crippen LogP contribution >= 0.6 is 0 Å². The maximum Gasteiger partial charge on any atom is 0.178 e. The van der Waals surface area contributed by atoms with E-state index in [-0.39, 0.29) is 5.78 Å². The van der Waals surface area contributed by atoms with Crippen molar-refractivity contribution in [3.63, 3.8) is 0 Å². The van der Waals surface area contributed by atoms with Gasteiger partial charge in [-0.3, -0.25) is 9.69 Å². The van der Waals surface area contributed by atoms with Crippen LogP contribution in [0.1, 0.15) is 24.2 Å². The Morgan fingerprint density at radius 1 is 1.41 bits per heavy atom. The number of H-pyrrole nitrogens is 1. The molecule has 2 aromatic rings. The number of likely N-dealkylation sites (N-methyl/N-ethyl adjacent to an activating group) is 1. The van der Waals surface area contributed by atoms with Crippen LogP contribution in [0.25, 0.3) is 10.9 Å². The van der Waals surface area contributed by atoms with E-state index in [0.717, 1.165) is 29.6 Å². The van der Waals surface area contributed by atoms with Gasteiger partial charge in [0, 0.05) is 23.2 Å². The normalized spacial score (nSPS) is 11.2. The van der Waals surface area contributed by atoms with Gasteiger partial charge in [-0.2, -0.15) is 0 Å². The number of aromatic nitrogens is 1. The molecule has 89 valence electrons. The predicted octanol–water partition coefficient (Wildman–Crippen LogP) is 2.49. The second-order valence-electron chi connectivity index (χ2n) is 4.05. The Labute approximate surface area is 101 Å². The van der Waals surface area contributed by atoms with Gasteiger partial charge in [0.2, 0.25) is 0 Å². The van der Waals surface area contributed by atoms with E-state index in [4.69, 9.17) is 0 Å². The third kappa shape index (κ3) is 2.39. The summed E-state index contributed by atoms with van der Waals surface area (Å²) in [6.07, 6.45) is 1.78. The van der Waals surface area contributed by atoms with Gasteiger partial charge in [0.15, 0.2) is 5.78 Å². The van der Waals surface area contributed by atoms with Gasteiger partial charge >= 0.3 is 0 Å². The fourth-order valence-electron chi connectivity index (χ4n) is 1.97. The number of carbonyl (C=O) groups is 1. The molecule has 2 rings (SSSR count). The van der Waals surface area contributed by atoms with Gasteiger partial charge in [0.05, 0.1) is 12.1 Å². The topological polar surface area (TPSA) is 36.1 Å². The molecule has 3 nitrogen and oxygen atoms in total. The first-order valence-corrected chi connectivity index (χ1v) is 5.99. The molecular weight excluding hydrogens is 212 g/mol. The fraction of sp³-hybridized carbons (Fsp3) is 0.357. The van der Waals surface area contributed by atoms with Gasteiger partial charge in [-0.15, -0.1) is 0 Å². The smallest absolute Gasteiger partial charge is 0.178 e. The summed E-state index contributed by atoms with van der Waals surface area (Å²) in [5.74, 6) is 0.166. The average molecular weight is 229 g/mol. The van der Waals surface area contributed by atoms with E-state index in [1.54, 1.807) is 6.20 Å². The molecule has 1 heterocycles. The number of aromatic amines is 1. The quantitative estimate of drug-likeness (QED) is 0.800. The number of carbonyl (C=O) groups excluding carboxylic acids is 1. The molecule has 0 saturated heterocycles. The second-order valence-corrected chi connectivity index (χ2v) is 4.05. The highest BCUT2D eigenvalue weighted by Gasteiger charge is 2.13. The van der Waals surface area contributed by atoms with Crippen molar-refractivity contribution < 1.29 is 4.79 Å². The van der Waals surface area contributed by atoms with Crippen molar-refractivity contribution in [2.45, 2.75) is 13.8 Å². The van der Waals surface area contributed by atoms with E-state index >= 15 is 0 Å². The molecule has 0 aliphatic heterocycles. The van der Waals surface area contributed by atoms with Gasteiger partial charge in [-0.25, -0.2) is 0 Å². The van der Waals surface area contributed by atoms with E-state index in [1.807, 2.05) is 18.2 Å². The number of nitrogens with zero attached hydrogens (tertiary/aromatic N) is 1. The van der Waals surface area contributed by atoms with Crippen LogP contribution in [0, 0.1) is 6.07 Å². The Bertz CT molecular complexity index is 512. The van der Waals surface area contributed by atoms with Crippen LogP contribution < -0.4 is 0 Å². The summed E-state index contributed by atoms with van der Waals surface area (Å²) < 4.78 is 0. The minimum Gasteiger partial charge on any atom is -0.360 e. The SMILES string of the molecule is CCN(CC)CC(=O)c1c[nH]c2[c]cccc12. The van der Waals surface area contributed by atoms with Crippen LogP contribution in [-0.2, 0) is 0 Å². The van der Waals surface area contributed by atoms with Gasteiger partial charge < -0.3 is 4.98 Å². The minimum atomic E-state index is 0.166. The molecular formula is C14H17N2O. The van der Waals surface area contributed by atoms with Gasteiger partial charge in [-0.1, -0.05) is 32.0 Å². The summed E-state index contributed by atoms with van der Waals surface area (Å²) in [4.78, 5) is 17.4. The maximum atomic E-state index is 12.2. The lowest BCUT2D eigenvalue weighted by molar-refractivity contribution is 0.0939. The molecule has 0 aliphatic rings. The molecule has 0 fully saturated rings. The lowest BCUT2D eigenvalue weighted by atomic mass is 10.1. The van der Waals surface area contributed by atoms with Crippen LogP contribution in [0.3, 0.4) is 0 Å². The minimum absolute atomic E-state index is 0.166. The summed E-state index contributed by atoms with van der Waals surface area (Å²) in [7, 11) is 0. The molecule has 1 aromatic heterocycles. The van der Waals surface area contributed by atoms with E-state index in [9.17, 15) is 4.79 Å². The molecule has 0 amide bonds. The Morgan fingerprint density at radius 3 is 2.88 bits per heavy atom. The zero-order valence-corrected chi connectivity index (χ0v) is 10.3. The standard InChI is InChI=1S/C14H17N2O/c1-3-16(4-2)10-14(17)12-9-15-13-8-6-5-7-11(12)13/h5-7,9,15H,3-4,10H2,1-2H3. The highest BCUT2D eigenvalue weighted by Crippen LogP contribution is 2.17. The molecule has 0 atom stereocenters. The molecule has 0 saturated carbocycles. The molecule has 1 radical (unpaired) electrons. The van der Waals surface area contributed by atoms with E-state index < -0.39 is 0 Å². The number of rotatable bonds is 5. The number of hydrogen-bond donors (Lipinski definition) is 1. The molecule has 3 heteroatoms. The maximum absolute atomic E-state index is 12.2. The van der Waals surface area contributed by atoms with Gasteiger partial charge in [0.1, 0.15) is 0 Å². The fourth-order valence-corrected chi connectivity index (χ4v) is 1.97. The third-order valence-electron chi connectivity index (χ3n) is 3.07. The highest BCUT2D eigenvalue weighted by molar-refractivity contribution is 6.08. The van der Waals surface area contributed by atoms with Crippen LogP contribution in [0.2, 0.25) is 0 Å². The summed E-state index contributed by atoms with van der Waals surface area (Å²) in [5, 5.41) is 0.963. The first kappa shape index (κ1) is 11.9. The van der Waals surface area contributed by atoms with Crippen molar-refractivity contribution in [2.75, 3.05) is 19.6 Å². The van der Waals surface area contributed by atoms with Gasteiger partial charge in [0.25, 0.3) is 0 Å². The third-order valence-corrected chi connectivity index (χ3v) is 3.07. The summed E-state index contributed by atoms with van der Waals surface area (Å²) >= 11 is 0. The number of fused-ring (bicyclic) bond motifs is 1. The van der Waals surface area contributed by atoms with E-state index in [1.165, 1.54) is 0 Å². The largest absolute Gasteiger partial charge is 0.360 e. The van der Waals surface area contributed by atoms with Crippen molar-refractivity contribution >= 4 is 16.7 Å². The monoisotopic (exact) mass is 229 g/mol. The van der Waals surface area contributed by atoms with Crippen LogP contribution in [0.15, 0.2) is 24.4 Å². The molecule has 17 heavy (non-hydrogen) atoms. The van der Waals surface area contributed by atoms with Crippen LogP contribution in [-0.4, -0.2) is 35.3 Å². The Kier molecular flexibility index (Phi) is 3.59. The zero-order valence-electron chi connectivity index (χ0n) is 10.3. The number of hydrogen-bond acceptors (Lipinski definition) is 2. The first-order chi connectivity index (χ1) is 8.26. The van der Waals surface area contributed by atoms with Crippen LogP contribution in [0.4, 0.5) is 0 Å². The molecule has 0 spiro atoms. The molecule has 1 aromatic carbocycles. The van der Waals surface area contributed by atoms with Crippen molar-refractivity contribution in [1.82, 2.24) is 9.88 Å². The number of para-hydroxylation sites is 1. The summed E-state index contributed by atoms with van der Waals surface area (Å²) in [5.41, 5.74) is 1.67. The Balaban J connectivity index is 2.25. The summed E-state index contributed by atoms with van der Waals surface area (Å²) in [6, 6.07) is 8.79. The summed E-state index contributed by atoms with van der Waals surface area (Å²) in [6.45, 7) is 6.42. The van der Waals surface area contributed by atoms with Crippen molar-refractivity contribution in [3.8, 4) is 0 Å². The average Bonchev–Trinajstić information content (AvgIpc) is 2.79. The number of benzene rings is 1. The van der Waals surface area contributed by atoms with Crippen LogP contribution in [0.5, 0.6) is 0 Å². The van der Waals surface area contributed by atoms with Crippen molar-refractivity contribution in [2.24, 2.45) is 0 Å². The molecule has 0 aliphatic carbocycles. The Morgan fingerprint density at radius 2 is 2.18 bits per heavy atom. The van der Waals surface area contributed by atoms with E-state index in [0.29, 0.717) is 6.54 Å². The molecule has 0 unspecified atom stereocenters. The zero-order chi connectivity index (χ0) is 12.3. The van der Waals surface area contributed by atoms with E-state index in [2.05, 4.69) is 29.8 Å². The lowest BCUT2D eigenvalue weighted by Gasteiger charge is -2.16. The predicted molar refractivity (Wildman–Crippen MR) is 69.3 cm³/mol. The highest BCUT2D eigenvalue weighted by atomic mass is 16.1. The molecule has 1 N–H and O–H groups in total. The number of ketones is 1. The van der Waals surface area contributed by atoms with Gasteiger partial charge in [-0.05, 0) is 13.1 Å². The lowest BCUT2D eigenvalue weighted by Crippen LogP contribution is -2.29.